The number of amides is 3. The van der Waals surface area contributed by atoms with E-state index in [1.807, 2.05) is 19.1 Å². The van der Waals surface area contributed by atoms with Crippen LogP contribution in [0.4, 0.5) is 0 Å². The summed E-state index contributed by atoms with van der Waals surface area (Å²) in [4.78, 5) is 38.8. The third kappa shape index (κ3) is 2.22. The molecule has 106 valence electrons. The minimum absolute atomic E-state index is 0.158. The highest BCUT2D eigenvalue weighted by atomic mass is 16.2. The van der Waals surface area contributed by atoms with E-state index in [2.05, 4.69) is 11.8 Å². The summed E-state index contributed by atoms with van der Waals surface area (Å²) in [7, 11) is 3.12. The number of carbonyl (C=O) groups excluding carboxylic acids is 3. The Bertz CT molecular complexity index is 541. The maximum absolute atomic E-state index is 12.2. The molecule has 3 atom stereocenters. The van der Waals surface area contributed by atoms with Crippen molar-refractivity contribution in [2.24, 2.45) is 11.8 Å². The highest BCUT2D eigenvalue weighted by Crippen LogP contribution is 2.36. The molecule has 0 unspecified atom stereocenters. The number of hydrogen-bond acceptors (Lipinski definition) is 3. The third-order valence-electron chi connectivity index (χ3n) is 3.93. The number of fused-ring (bicyclic) bond motifs is 1. The normalized spacial score (nSPS) is 27.9. The van der Waals surface area contributed by atoms with Crippen LogP contribution in [-0.2, 0) is 14.4 Å². The van der Waals surface area contributed by atoms with E-state index in [0.29, 0.717) is 12.8 Å². The zero-order chi connectivity index (χ0) is 14.9. The fourth-order valence-corrected chi connectivity index (χ4v) is 2.78. The first-order chi connectivity index (χ1) is 9.49. The van der Waals surface area contributed by atoms with E-state index >= 15 is 0 Å². The van der Waals surface area contributed by atoms with Gasteiger partial charge in [-0.25, -0.2) is 0 Å². The zero-order valence-electron chi connectivity index (χ0n) is 11.9. The lowest BCUT2D eigenvalue weighted by molar-refractivity contribution is -0.138. The summed E-state index contributed by atoms with van der Waals surface area (Å²) < 4.78 is 0. The molecule has 0 radical (unpaired) electrons. The lowest BCUT2D eigenvalue weighted by atomic mass is 9.81. The summed E-state index contributed by atoms with van der Waals surface area (Å²) in [5.41, 5.74) is 0. The molecule has 5 heteroatoms. The molecule has 0 aromatic rings. The lowest BCUT2D eigenvalue weighted by Gasteiger charge is -2.32. The van der Waals surface area contributed by atoms with E-state index in [1.165, 1.54) is 16.8 Å². The number of hydrogen-bond donors (Lipinski definition) is 0. The van der Waals surface area contributed by atoms with Crippen LogP contribution in [0.15, 0.2) is 12.2 Å². The quantitative estimate of drug-likeness (QED) is 0.395. The summed E-state index contributed by atoms with van der Waals surface area (Å²) in [5, 5.41) is 0. The Morgan fingerprint density at radius 3 is 2.80 bits per heavy atom. The average Bonchev–Trinajstić information content (AvgIpc) is 2.69. The van der Waals surface area contributed by atoms with Crippen LogP contribution in [0, 0.1) is 23.7 Å². The van der Waals surface area contributed by atoms with Gasteiger partial charge in [0.05, 0.1) is 17.9 Å². The van der Waals surface area contributed by atoms with Gasteiger partial charge in [-0.2, -0.15) is 0 Å². The van der Waals surface area contributed by atoms with Gasteiger partial charge in [-0.3, -0.25) is 19.3 Å². The van der Waals surface area contributed by atoms with Crippen molar-refractivity contribution in [3.8, 4) is 11.8 Å². The molecule has 1 fully saturated rings. The van der Waals surface area contributed by atoms with Gasteiger partial charge in [-0.15, -0.1) is 0 Å². The van der Waals surface area contributed by atoms with Crippen molar-refractivity contribution in [1.29, 1.82) is 0 Å². The summed E-state index contributed by atoms with van der Waals surface area (Å²) in [5.74, 6) is 3.75. The first kappa shape index (κ1) is 14.3. The molecular weight excluding hydrogens is 256 g/mol. The molecule has 2 rings (SSSR count). The summed E-state index contributed by atoms with van der Waals surface area (Å²) in [6.45, 7) is 1.87. The van der Waals surface area contributed by atoms with E-state index in [4.69, 9.17) is 0 Å². The van der Waals surface area contributed by atoms with Gasteiger partial charge >= 0.3 is 0 Å². The van der Waals surface area contributed by atoms with Gasteiger partial charge in [0.2, 0.25) is 11.8 Å². The first-order valence-electron chi connectivity index (χ1n) is 6.72. The van der Waals surface area contributed by atoms with E-state index in [9.17, 15) is 14.4 Å². The number of likely N-dealkylation sites (N-methyl/N-ethyl adjacent to an activating group) is 1. The summed E-state index contributed by atoms with van der Waals surface area (Å²) >= 11 is 0. The maximum atomic E-state index is 12.2. The molecule has 1 saturated heterocycles. The SMILES string of the molecule is CCC#CC(=O)N(C)[C@@H]1C=CC[C@@H]2C(=O)N(C)C(=O)[C@@H]21. The molecule has 5 nitrogen and oxygen atoms in total. The van der Waals surface area contributed by atoms with Gasteiger partial charge in [-0.1, -0.05) is 25.0 Å². The van der Waals surface area contributed by atoms with Crippen LogP contribution in [-0.4, -0.2) is 47.7 Å². The Kier molecular flexibility index (Phi) is 3.93. The molecule has 0 spiro atoms. The summed E-state index contributed by atoms with van der Waals surface area (Å²) in [6, 6.07) is -0.395. The molecule has 0 bridgehead atoms. The van der Waals surface area contributed by atoms with Crippen LogP contribution in [0.5, 0.6) is 0 Å². The van der Waals surface area contributed by atoms with Crippen molar-refractivity contribution < 1.29 is 14.4 Å². The Morgan fingerprint density at radius 1 is 1.45 bits per heavy atom. The number of imide groups is 1. The second-order valence-corrected chi connectivity index (χ2v) is 5.09. The number of carbonyl (C=O) groups is 3. The second-order valence-electron chi connectivity index (χ2n) is 5.09. The van der Waals surface area contributed by atoms with Crippen LogP contribution in [0.1, 0.15) is 19.8 Å². The minimum atomic E-state index is -0.477. The highest BCUT2D eigenvalue weighted by Gasteiger charge is 2.51. The van der Waals surface area contributed by atoms with Gasteiger partial charge in [-0.05, 0) is 12.3 Å². The Hall–Kier alpha value is -2.09. The molecule has 0 saturated carbocycles. The molecule has 1 heterocycles. The number of likely N-dealkylation sites (tertiary alicyclic amines) is 1. The van der Waals surface area contributed by atoms with Crippen LogP contribution in [0.25, 0.3) is 0 Å². The topological polar surface area (TPSA) is 57.7 Å². The van der Waals surface area contributed by atoms with Gasteiger partial charge < -0.3 is 4.90 Å². The molecule has 0 aromatic carbocycles. The van der Waals surface area contributed by atoms with Crippen molar-refractivity contribution in [1.82, 2.24) is 9.80 Å². The van der Waals surface area contributed by atoms with E-state index in [-0.39, 0.29) is 23.6 Å². The van der Waals surface area contributed by atoms with Crippen LogP contribution < -0.4 is 0 Å². The maximum Gasteiger partial charge on any atom is 0.298 e. The van der Waals surface area contributed by atoms with E-state index < -0.39 is 12.0 Å². The first-order valence-corrected chi connectivity index (χ1v) is 6.72. The molecule has 0 aromatic heterocycles. The van der Waals surface area contributed by atoms with Crippen molar-refractivity contribution in [2.75, 3.05) is 14.1 Å². The predicted octanol–water partition coefficient (Wildman–Crippen LogP) is 0.418. The smallest absolute Gasteiger partial charge is 0.298 e. The molecular formula is C15H18N2O3. The van der Waals surface area contributed by atoms with E-state index in [0.717, 1.165) is 0 Å². The minimum Gasteiger partial charge on any atom is -0.328 e. The molecule has 1 aliphatic carbocycles. The Morgan fingerprint density at radius 2 is 2.15 bits per heavy atom. The van der Waals surface area contributed by atoms with Crippen LogP contribution >= 0.6 is 0 Å². The molecule has 0 N–H and O–H groups in total. The Balaban J connectivity index is 2.26. The van der Waals surface area contributed by atoms with Crippen molar-refractivity contribution in [3.63, 3.8) is 0 Å². The van der Waals surface area contributed by atoms with Crippen molar-refractivity contribution in [3.05, 3.63) is 12.2 Å². The molecule has 2 aliphatic rings. The van der Waals surface area contributed by atoms with Crippen LogP contribution in [0.3, 0.4) is 0 Å². The van der Waals surface area contributed by atoms with E-state index in [1.54, 1.807) is 7.05 Å². The monoisotopic (exact) mass is 274 g/mol. The van der Waals surface area contributed by atoms with Gasteiger partial charge in [0.25, 0.3) is 5.91 Å². The largest absolute Gasteiger partial charge is 0.328 e. The second kappa shape index (κ2) is 5.49. The predicted molar refractivity (Wildman–Crippen MR) is 73.1 cm³/mol. The van der Waals surface area contributed by atoms with Gasteiger partial charge in [0.1, 0.15) is 0 Å². The van der Waals surface area contributed by atoms with Crippen molar-refractivity contribution in [2.45, 2.75) is 25.8 Å². The van der Waals surface area contributed by atoms with Crippen LogP contribution in [0.2, 0.25) is 0 Å². The third-order valence-corrected chi connectivity index (χ3v) is 3.93. The number of nitrogens with zero attached hydrogens (tertiary/aromatic N) is 2. The fourth-order valence-electron chi connectivity index (χ4n) is 2.78. The zero-order valence-corrected chi connectivity index (χ0v) is 11.9. The molecule has 3 amide bonds. The number of rotatable bonds is 1. The van der Waals surface area contributed by atoms with Gasteiger partial charge in [0.15, 0.2) is 0 Å². The standard InChI is InChI=1S/C15H18N2O3/c1-4-5-9-12(18)16(2)11-8-6-7-10-13(11)15(20)17(3)14(10)19/h6,8,10-11,13H,4,7H2,1-3H3/t10-,11+,13-/m0/s1. The summed E-state index contributed by atoms with van der Waals surface area (Å²) in [6.07, 6.45) is 4.86. The fraction of sp³-hybridized carbons (Fsp3) is 0.533. The van der Waals surface area contributed by atoms with Crippen molar-refractivity contribution >= 4 is 17.7 Å². The Labute approximate surface area is 118 Å². The average molecular weight is 274 g/mol. The molecule has 20 heavy (non-hydrogen) atoms. The lowest BCUT2D eigenvalue weighted by Crippen LogP contribution is -2.46. The highest BCUT2D eigenvalue weighted by molar-refractivity contribution is 6.06. The molecule has 1 aliphatic heterocycles. The number of allylic oxidation sites excluding steroid dienone is 1. The van der Waals surface area contributed by atoms with Gasteiger partial charge in [0, 0.05) is 20.5 Å².